The molecule has 0 saturated heterocycles. The summed E-state index contributed by atoms with van der Waals surface area (Å²) < 4.78 is 6.14. The first-order valence-electron chi connectivity index (χ1n) is 6.43. The highest BCUT2D eigenvalue weighted by Gasteiger charge is 2.15. The van der Waals surface area contributed by atoms with E-state index in [4.69, 9.17) is 10.5 Å². The lowest BCUT2D eigenvalue weighted by atomic mass is 10.1. The molecular formula is C12H22N4O4. The Labute approximate surface area is 116 Å². The lowest BCUT2D eigenvalue weighted by Gasteiger charge is -2.19. The Balaban J connectivity index is 3.07. The number of nitrogens with one attached hydrogen (secondary N) is 2. The van der Waals surface area contributed by atoms with Gasteiger partial charge in [-0.15, -0.1) is 0 Å². The molecule has 2 atom stereocenters. The van der Waals surface area contributed by atoms with Gasteiger partial charge in [-0.1, -0.05) is 0 Å². The van der Waals surface area contributed by atoms with Crippen LogP contribution in [0.5, 0.6) is 0 Å². The van der Waals surface area contributed by atoms with Crippen LogP contribution in [0.15, 0.2) is 9.59 Å². The zero-order valence-electron chi connectivity index (χ0n) is 12.0. The molecule has 8 heteroatoms. The minimum atomic E-state index is -0.571. The number of methoxy groups -OCH3 is 1. The zero-order chi connectivity index (χ0) is 15.3. The van der Waals surface area contributed by atoms with E-state index in [1.165, 1.54) is 11.7 Å². The van der Waals surface area contributed by atoms with E-state index < -0.39 is 17.4 Å². The molecule has 0 aromatic carbocycles. The number of aromatic amines is 1. The summed E-state index contributed by atoms with van der Waals surface area (Å²) in [7, 11) is 1.51. The predicted molar refractivity (Wildman–Crippen MR) is 77.0 cm³/mol. The Morgan fingerprint density at radius 1 is 1.45 bits per heavy atom. The third kappa shape index (κ3) is 4.10. The van der Waals surface area contributed by atoms with E-state index in [0.29, 0.717) is 13.0 Å². The van der Waals surface area contributed by atoms with Gasteiger partial charge < -0.3 is 20.9 Å². The van der Waals surface area contributed by atoms with Gasteiger partial charge in [0.25, 0.3) is 5.56 Å². The van der Waals surface area contributed by atoms with Gasteiger partial charge in [0, 0.05) is 13.2 Å². The van der Waals surface area contributed by atoms with Gasteiger partial charge in [0.05, 0.1) is 19.3 Å². The van der Waals surface area contributed by atoms with E-state index in [1.807, 2.05) is 6.92 Å². The van der Waals surface area contributed by atoms with Crippen LogP contribution in [0.1, 0.15) is 20.3 Å². The van der Waals surface area contributed by atoms with E-state index in [2.05, 4.69) is 10.3 Å². The highest BCUT2D eigenvalue weighted by atomic mass is 16.5. The summed E-state index contributed by atoms with van der Waals surface area (Å²) in [5.74, 6) is 0.0632. The molecule has 0 amide bonds. The minimum absolute atomic E-state index is 0.0632. The van der Waals surface area contributed by atoms with Crippen molar-refractivity contribution in [3.05, 3.63) is 20.8 Å². The molecule has 1 rings (SSSR count). The number of rotatable bonds is 7. The zero-order valence-corrected chi connectivity index (χ0v) is 12.0. The molecule has 5 N–H and O–H groups in total. The lowest BCUT2D eigenvalue weighted by molar-refractivity contribution is 0.179. The highest BCUT2D eigenvalue weighted by Crippen LogP contribution is 2.13. The predicted octanol–water partition coefficient (Wildman–Crippen LogP) is -0.663. The van der Waals surface area contributed by atoms with Crippen LogP contribution in [0.2, 0.25) is 0 Å². The van der Waals surface area contributed by atoms with Gasteiger partial charge >= 0.3 is 5.69 Å². The van der Waals surface area contributed by atoms with Crippen LogP contribution in [-0.4, -0.2) is 40.5 Å². The monoisotopic (exact) mass is 286 g/mol. The molecule has 0 spiro atoms. The normalized spacial score (nSPS) is 14.0. The first-order chi connectivity index (χ1) is 9.36. The maximum atomic E-state index is 11.8. The Kier molecular flexibility index (Phi) is 5.78. The molecule has 1 aromatic rings. The fourth-order valence-corrected chi connectivity index (χ4v) is 1.95. The summed E-state index contributed by atoms with van der Waals surface area (Å²) in [5, 5.41) is 12.2. The van der Waals surface area contributed by atoms with Crippen molar-refractivity contribution in [1.29, 1.82) is 0 Å². The van der Waals surface area contributed by atoms with Crippen molar-refractivity contribution in [2.45, 2.75) is 39.0 Å². The van der Waals surface area contributed by atoms with Crippen LogP contribution < -0.4 is 22.3 Å². The second kappa shape index (κ2) is 7.11. The molecule has 8 nitrogen and oxygen atoms in total. The number of aliphatic hydroxyl groups excluding tert-OH is 1. The Bertz CT molecular complexity index is 549. The van der Waals surface area contributed by atoms with E-state index in [9.17, 15) is 14.7 Å². The van der Waals surface area contributed by atoms with Crippen molar-refractivity contribution >= 4 is 11.5 Å². The van der Waals surface area contributed by atoms with E-state index in [-0.39, 0.29) is 24.1 Å². The van der Waals surface area contributed by atoms with E-state index in [0.717, 1.165) is 0 Å². The van der Waals surface area contributed by atoms with Gasteiger partial charge in [0.2, 0.25) is 0 Å². The van der Waals surface area contributed by atoms with Gasteiger partial charge in [-0.2, -0.15) is 0 Å². The van der Waals surface area contributed by atoms with Crippen molar-refractivity contribution in [1.82, 2.24) is 9.55 Å². The number of anilines is 2. The molecular weight excluding hydrogens is 264 g/mol. The molecule has 0 fully saturated rings. The summed E-state index contributed by atoms with van der Waals surface area (Å²) in [6.45, 7) is 4.03. The summed E-state index contributed by atoms with van der Waals surface area (Å²) in [6, 6.07) is -0.160. The molecule has 0 aliphatic carbocycles. The Hall–Kier alpha value is -1.80. The van der Waals surface area contributed by atoms with Gasteiger partial charge in [-0.05, 0) is 20.3 Å². The van der Waals surface area contributed by atoms with Gasteiger partial charge in [-0.3, -0.25) is 14.3 Å². The number of aromatic nitrogens is 2. The van der Waals surface area contributed by atoms with Gasteiger partial charge in [0.1, 0.15) is 11.5 Å². The fraction of sp³-hybridized carbons (Fsp3) is 0.667. The second-order valence-electron chi connectivity index (χ2n) is 4.79. The average molecular weight is 286 g/mol. The van der Waals surface area contributed by atoms with E-state index >= 15 is 0 Å². The summed E-state index contributed by atoms with van der Waals surface area (Å²) >= 11 is 0. The van der Waals surface area contributed by atoms with Gasteiger partial charge in [0.15, 0.2) is 0 Å². The molecule has 0 saturated carbocycles. The summed E-state index contributed by atoms with van der Waals surface area (Å²) in [4.78, 5) is 25.7. The fourth-order valence-electron chi connectivity index (χ4n) is 1.95. The number of ether oxygens (including phenoxy) is 1. The SMILES string of the molecule is COCCn1c(N)c(NC(C)CC(C)O)c(=O)[nH]c1=O. The molecule has 0 bridgehead atoms. The third-order valence-electron chi connectivity index (χ3n) is 2.84. The molecule has 20 heavy (non-hydrogen) atoms. The Morgan fingerprint density at radius 3 is 2.65 bits per heavy atom. The molecule has 1 heterocycles. The van der Waals surface area contributed by atoms with Crippen molar-refractivity contribution in [2.75, 3.05) is 24.8 Å². The summed E-state index contributed by atoms with van der Waals surface area (Å²) in [6.07, 6.45) is -0.0481. The molecule has 1 aromatic heterocycles. The van der Waals surface area contributed by atoms with Crippen LogP contribution in [-0.2, 0) is 11.3 Å². The van der Waals surface area contributed by atoms with Crippen LogP contribution in [0.25, 0.3) is 0 Å². The molecule has 0 aliphatic rings. The molecule has 2 unspecified atom stereocenters. The first-order valence-corrected chi connectivity index (χ1v) is 6.43. The topological polar surface area (TPSA) is 122 Å². The Morgan fingerprint density at radius 2 is 2.10 bits per heavy atom. The number of H-pyrrole nitrogens is 1. The maximum absolute atomic E-state index is 11.8. The number of nitrogens with zero attached hydrogens (tertiary/aromatic N) is 1. The number of hydrogen-bond acceptors (Lipinski definition) is 6. The van der Waals surface area contributed by atoms with E-state index in [1.54, 1.807) is 6.92 Å². The smallest absolute Gasteiger partial charge is 0.330 e. The van der Waals surface area contributed by atoms with Crippen LogP contribution in [0.4, 0.5) is 11.5 Å². The van der Waals surface area contributed by atoms with Crippen molar-refractivity contribution in [3.8, 4) is 0 Å². The largest absolute Gasteiger partial charge is 0.393 e. The quantitative estimate of drug-likeness (QED) is 0.527. The molecule has 0 radical (unpaired) electrons. The first kappa shape index (κ1) is 16.3. The summed E-state index contributed by atoms with van der Waals surface area (Å²) in [5.41, 5.74) is 4.86. The van der Waals surface area contributed by atoms with Crippen molar-refractivity contribution in [2.24, 2.45) is 0 Å². The second-order valence-corrected chi connectivity index (χ2v) is 4.79. The number of aliphatic hydroxyl groups is 1. The minimum Gasteiger partial charge on any atom is -0.393 e. The number of hydrogen-bond donors (Lipinski definition) is 4. The molecule has 0 aliphatic heterocycles. The number of nitrogen functional groups attached to an aromatic ring is 1. The third-order valence-corrected chi connectivity index (χ3v) is 2.84. The van der Waals surface area contributed by atoms with Crippen LogP contribution in [0.3, 0.4) is 0 Å². The average Bonchev–Trinajstić information content (AvgIpc) is 2.33. The van der Waals surface area contributed by atoms with Crippen molar-refractivity contribution in [3.63, 3.8) is 0 Å². The van der Waals surface area contributed by atoms with Crippen molar-refractivity contribution < 1.29 is 9.84 Å². The van der Waals surface area contributed by atoms with Crippen LogP contribution in [0, 0.1) is 0 Å². The standard InChI is InChI=1S/C12H22N4O4/c1-7(6-8(2)17)14-9-10(13)16(4-5-20-3)12(19)15-11(9)18/h7-8,14,17H,4-6,13H2,1-3H3,(H,15,18,19). The highest BCUT2D eigenvalue weighted by molar-refractivity contribution is 5.60. The maximum Gasteiger partial charge on any atom is 0.330 e. The van der Waals surface area contributed by atoms with Crippen LogP contribution >= 0.6 is 0 Å². The number of nitrogens with two attached hydrogens (primary N) is 1. The molecule has 114 valence electrons. The lowest BCUT2D eigenvalue weighted by Crippen LogP contribution is -2.36. The van der Waals surface area contributed by atoms with Gasteiger partial charge in [-0.25, -0.2) is 4.79 Å².